The van der Waals surface area contributed by atoms with E-state index in [-0.39, 0.29) is 6.61 Å². The Bertz CT molecular complexity index is 737. The van der Waals surface area contributed by atoms with E-state index in [1.54, 1.807) is 0 Å². The van der Waals surface area contributed by atoms with Gasteiger partial charge in [-0.3, -0.25) is 0 Å². The molecule has 2 aromatic heterocycles. The summed E-state index contributed by atoms with van der Waals surface area (Å²) in [4.78, 5) is 0. The Hall–Kier alpha value is -2.28. The van der Waals surface area contributed by atoms with E-state index in [9.17, 15) is 0 Å². The second kappa shape index (κ2) is 6.65. The molecule has 0 saturated carbocycles. The molecule has 0 spiro atoms. The third kappa shape index (κ3) is 3.88. The van der Waals surface area contributed by atoms with Crippen molar-refractivity contribution in [2.45, 2.75) is 31.4 Å². The standard InChI is InChI=1S/C15H15N3O3S/c1-10-3-5-13(6-4-10)19-8-14-16-17-15(20-14)22-9-12-7-11(2)21-18-12/h3-7H,8-9H2,1-2H3. The van der Waals surface area contributed by atoms with Crippen molar-refractivity contribution in [3.05, 3.63) is 53.2 Å². The summed E-state index contributed by atoms with van der Waals surface area (Å²) < 4.78 is 16.1. The van der Waals surface area contributed by atoms with Crippen LogP contribution in [-0.4, -0.2) is 15.4 Å². The largest absolute Gasteiger partial charge is 0.484 e. The molecule has 0 aliphatic rings. The SMILES string of the molecule is Cc1ccc(OCc2nnc(SCc3cc(C)on3)o2)cc1. The number of thioether (sulfide) groups is 1. The van der Waals surface area contributed by atoms with Crippen LogP contribution in [-0.2, 0) is 12.4 Å². The molecular weight excluding hydrogens is 302 g/mol. The first-order valence-electron chi connectivity index (χ1n) is 6.76. The average Bonchev–Trinajstić information content (AvgIpc) is 3.13. The Balaban J connectivity index is 1.51. The van der Waals surface area contributed by atoms with Crippen molar-refractivity contribution in [2.24, 2.45) is 0 Å². The molecule has 0 aliphatic carbocycles. The van der Waals surface area contributed by atoms with E-state index in [0.29, 0.717) is 16.9 Å². The van der Waals surface area contributed by atoms with Gasteiger partial charge in [-0.05, 0) is 26.0 Å². The molecule has 0 N–H and O–H groups in total. The normalized spacial score (nSPS) is 10.8. The summed E-state index contributed by atoms with van der Waals surface area (Å²) in [7, 11) is 0. The van der Waals surface area contributed by atoms with Crippen LogP contribution in [0.15, 0.2) is 44.5 Å². The minimum atomic E-state index is 0.250. The van der Waals surface area contributed by atoms with E-state index in [0.717, 1.165) is 17.2 Å². The molecule has 0 fully saturated rings. The van der Waals surface area contributed by atoms with Crippen LogP contribution in [0.1, 0.15) is 22.9 Å². The van der Waals surface area contributed by atoms with Crippen molar-refractivity contribution in [3.8, 4) is 5.75 Å². The molecule has 114 valence electrons. The lowest BCUT2D eigenvalue weighted by Gasteiger charge is -2.02. The molecule has 0 radical (unpaired) electrons. The van der Waals surface area contributed by atoms with E-state index in [4.69, 9.17) is 13.7 Å². The van der Waals surface area contributed by atoms with Crippen molar-refractivity contribution < 1.29 is 13.7 Å². The number of ether oxygens (including phenoxy) is 1. The predicted octanol–water partition coefficient (Wildman–Crippen LogP) is 3.55. The van der Waals surface area contributed by atoms with Gasteiger partial charge in [-0.1, -0.05) is 34.6 Å². The highest BCUT2D eigenvalue weighted by Crippen LogP contribution is 2.22. The number of rotatable bonds is 6. The average molecular weight is 317 g/mol. The highest BCUT2D eigenvalue weighted by molar-refractivity contribution is 7.98. The van der Waals surface area contributed by atoms with Crippen molar-refractivity contribution in [1.82, 2.24) is 15.4 Å². The number of aryl methyl sites for hydroxylation is 2. The molecule has 0 amide bonds. The molecule has 0 aliphatic heterocycles. The first-order chi connectivity index (χ1) is 10.7. The summed E-state index contributed by atoms with van der Waals surface area (Å²) in [6.07, 6.45) is 0. The fourth-order valence-electron chi connectivity index (χ4n) is 1.76. The Morgan fingerprint density at radius 1 is 1.14 bits per heavy atom. The highest BCUT2D eigenvalue weighted by atomic mass is 32.2. The van der Waals surface area contributed by atoms with Gasteiger partial charge in [-0.25, -0.2) is 0 Å². The summed E-state index contributed by atoms with van der Waals surface area (Å²) in [6.45, 7) is 4.13. The zero-order chi connectivity index (χ0) is 15.4. The zero-order valence-electron chi connectivity index (χ0n) is 12.3. The number of benzene rings is 1. The minimum Gasteiger partial charge on any atom is -0.484 e. The molecule has 0 unspecified atom stereocenters. The Labute approximate surface area is 131 Å². The summed E-state index contributed by atoms with van der Waals surface area (Å²) in [5.74, 6) is 2.63. The fourth-order valence-corrected chi connectivity index (χ4v) is 2.42. The molecular formula is C15H15N3O3S. The van der Waals surface area contributed by atoms with Gasteiger partial charge in [0.15, 0.2) is 6.61 Å². The molecule has 3 rings (SSSR count). The lowest BCUT2D eigenvalue weighted by molar-refractivity contribution is 0.252. The molecule has 6 nitrogen and oxygen atoms in total. The molecule has 0 atom stereocenters. The number of aromatic nitrogens is 3. The van der Waals surface area contributed by atoms with Gasteiger partial charge in [-0.15, -0.1) is 10.2 Å². The van der Waals surface area contributed by atoms with Gasteiger partial charge in [0.25, 0.3) is 11.1 Å². The highest BCUT2D eigenvalue weighted by Gasteiger charge is 2.09. The molecule has 0 saturated heterocycles. The van der Waals surface area contributed by atoms with Gasteiger partial charge in [0.2, 0.25) is 0 Å². The predicted molar refractivity (Wildman–Crippen MR) is 80.6 cm³/mol. The number of hydrogen-bond donors (Lipinski definition) is 0. The topological polar surface area (TPSA) is 74.2 Å². The van der Waals surface area contributed by atoms with Gasteiger partial charge >= 0.3 is 0 Å². The second-order valence-electron chi connectivity index (χ2n) is 4.78. The van der Waals surface area contributed by atoms with Crippen LogP contribution in [0.25, 0.3) is 0 Å². The van der Waals surface area contributed by atoms with E-state index >= 15 is 0 Å². The van der Waals surface area contributed by atoms with Crippen molar-refractivity contribution in [1.29, 1.82) is 0 Å². The molecule has 0 bridgehead atoms. The first-order valence-corrected chi connectivity index (χ1v) is 7.74. The van der Waals surface area contributed by atoms with Crippen LogP contribution in [0.2, 0.25) is 0 Å². The molecule has 7 heteroatoms. The second-order valence-corrected chi connectivity index (χ2v) is 5.71. The maximum absolute atomic E-state index is 5.59. The maximum atomic E-state index is 5.59. The number of hydrogen-bond acceptors (Lipinski definition) is 7. The van der Waals surface area contributed by atoms with Crippen LogP contribution >= 0.6 is 11.8 Å². The summed E-state index contributed by atoms with van der Waals surface area (Å²) in [5, 5.41) is 12.3. The van der Waals surface area contributed by atoms with Crippen molar-refractivity contribution in [2.75, 3.05) is 0 Å². The smallest absolute Gasteiger partial charge is 0.277 e. The van der Waals surface area contributed by atoms with Crippen molar-refractivity contribution in [3.63, 3.8) is 0 Å². The van der Waals surface area contributed by atoms with Crippen LogP contribution in [0.4, 0.5) is 0 Å². The van der Waals surface area contributed by atoms with Crippen LogP contribution in [0.3, 0.4) is 0 Å². The molecule has 1 aromatic carbocycles. The van der Waals surface area contributed by atoms with Gasteiger partial charge in [0.1, 0.15) is 11.5 Å². The van der Waals surface area contributed by atoms with Gasteiger partial charge < -0.3 is 13.7 Å². The minimum absolute atomic E-state index is 0.250. The van der Waals surface area contributed by atoms with E-state index in [1.807, 2.05) is 44.2 Å². The summed E-state index contributed by atoms with van der Waals surface area (Å²) in [6, 6.07) is 9.68. The van der Waals surface area contributed by atoms with Crippen LogP contribution < -0.4 is 4.74 Å². The third-order valence-corrected chi connectivity index (χ3v) is 3.70. The monoisotopic (exact) mass is 317 g/mol. The van der Waals surface area contributed by atoms with Gasteiger partial charge in [0.05, 0.1) is 5.69 Å². The molecule has 22 heavy (non-hydrogen) atoms. The van der Waals surface area contributed by atoms with E-state index in [2.05, 4.69) is 15.4 Å². The Morgan fingerprint density at radius 3 is 2.68 bits per heavy atom. The fraction of sp³-hybridized carbons (Fsp3) is 0.267. The van der Waals surface area contributed by atoms with E-state index < -0.39 is 0 Å². The van der Waals surface area contributed by atoms with Gasteiger partial charge in [-0.2, -0.15) is 0 Å². The van der Waals surface area contributed by atoms with E-state index in [1.165, 1.54) is 17.3 Å². The third-order valence-electron chi connectivity index (χ3n) is 2.85. The van der Waals surface area contributed by atoms with Crippen LogP contribution in [0, 0.1) is 13.8 Å². The molecule has 3 aromatic rings. The first kappa shape index (κ1) is 14.6. The molecule has 2 heterocycles. The maximum Gasteiger partial charge on any atom is 0.277 e. The number of nitrogens with zero attached hydrogens (tertiary/aromatic N) is 3. The van der Waals surface area contributed by atoms with Crippen molar-refractivity contribution >= 4 is 11.8 Å². The van der Waals surface area contributed by atoms with Crippen LogP contribution in [0.5, 0.6) is 5.75 Å². The Morgan fingerprint density at radius 2 is 1.95 bits per heavy atom. The quantitative estimate of drug-likeness (QED) is 0.644. The lowest BCUT2D eigenvalue weighted by Crippen LogP contribution is -1.95. The van der Waals surface area contributed by atoms with Gasteiger partial charge in [0, 0.05) is 11.8 Å². The lowest BCUT2D eigenvalue weighted by atomic mass is 10.2. The summed E-state index contributed by atoms with van der Waals surface area (Å²) >= 11 is 1.41. The summed E-state index contributed by atoms with van der Waals surface area (Å²) in [5.41, 5.74) is 2.03. The Kier molecular flexibility index (Phi) is 4.43. The zero-order valence-corrected chi connectivity index (χ0v) is 13.1.